The van der Waals surface area contributed by atoms with E-state index < -0.39 is 0 Å². The molecule has 5 heteroatoms. The van der Waals surface area contributed by atoms with Crippen LogP contribution in [0.3, 0.4) is 0 Å². The maximum atomic E-state index is 12.7. The number of nitrogens with zero attached hydrogens (tertiary/aromatic N) is 1. The van der Waals surface area contributed by atoms with Gasteiger partial charge in [-0.3, -0.25) is 4.79 Å². The molecule has 1 aliphatic rings. The van der Waals surface area contributed by atoms with E-state index in [-0.39, 0.29) is 24.4 Å². The van der Waals surface area contributed by atoms with E-state index in [0.717, 1.165) is 16.3 Å². The van der Waals surface area contributed by atoms with Crippen LogP contribution in [0, 0.1) is 0 Å². The Kier molecular flexibility index (Phi) is 5.17. The predicted molar refractivity (Wildman–Crippen MR) is 85.9 cm³/mol. The van der Waals surface area contributed by atoms with Gasteiger partial charge in [-0.25, -0.2) is 0 Å². The van der Waals surface area contributed by atoms with Gasteiger partial charge in [0.2, 0.25) is 0 Å². The zero-order chi connectivity index (χ0) is 13.9. The molecule has 3 rings (SSSR count). The quantitative estimate of drug-likeness (QED) is 0.924. The molecule has 2 aromatic rings. The second-order valence-corrected chi connectivity index (χ2v) is 5.01. The van der Waals surface area contributed by atoms with Crippen LogP contribution in [0.4, 0.5) is 0 Å². The van der Waals surface area contributed by atoms with Crippen LogP contribution < -0.4 is 5.73 Å². The first-order chi connectivity index (χ1) is 9.79. The van der Waals surface area contributed by atoms with Crippen LogP contribution >= 0.6 is 12.4 Å². The fourth-order valence-electron chi connectivity index (χ4n) is 2.63. The third-order valence-corrected chi connectivity index (χ3v) is 3.71. The molecule has 0 spiro atoms. The molecule has 21 heavy (non-hydrogen) atoms. The van der Waals surface area contributed by atoms with Crippen molar-refractivity contribution in [1.82, 2.24) is 4.90 Å². The minimum absolute atomic E-state index is 0. The molecule has 2 N–H and O–H groups in total. The highest BCUT2D eigenvalue weighted by molar-refractivity contribution is 6.07. The van der Waals surface area contributed by atoms with E-state index in [0.29, 0.717) is 26.2 Å². The largest absolute Gasteiger partial charge is 0.373 e. The van der Waals surface area contributed by atoms with Gasteiger partial charge in [0, 0.05) is 25.2 Å². The molecule has 1 heterocycles. The number of amides is 1. The Morgan fingerprint density at radius 3 is 2.81 bits per heavy atom. The van der Waals surface area contributed by atoms with Gasteiger partial charge in [-0.05, 0) is 16.8 Å². The SMILES string of the molecule is Cl.NCC1CN(C(=O)c2cccc3ccccc23)CCO1. The van der Waals surface area contributed by atoms with Crippen LogP contribution in [0.1, 0.15) is 10.4 Å². The van der Waals surface area contributed by atoms with E-state index in [1.54, 1.807) is 0 Å². The van der Waals surface area contributed by atoms with E-state index in [1.807, 2.05) is 47.4 Å². The van der Waals surface area contributed by atoms with E-state index >= 15 is 0 Å². The molecule has 0 saturated carbocycles. The number of halogens is 1. The number of nitrogens with two attached hydrogens (primary N) is 1. The molecule has 0 radical (unpaired) electrons. The van der Waals surface area contributed by atoms with Crippen LogP contribution in [0.2, 0.25) is 0 Å². The average Bonchev–Trinajstić information content (AvgIpc) is 2.53. The number of benzene rings is 2. The Bertz CT molecular complexity index is 627. The second kappa shape index (κ2) is 6.89. The zero-order valence-electron chi connectivity index (χ0n) is 11.7. The van der Waals surface area contributed by atoms with Crippen LogP contribution in [-0.2, 0) is 4.74 Å². The van der Waals surface area contributed by atoms with Crippen molar-refractivity contribution in [3.63, 3.8) is 0 Å². The first kappa shape index (κ1) is 15.8. The Balaban J connectivity index is 0.00000161. The van der Waals surface area contributed by atoms with E-state index in [9.17, 15) is 4.79 Å². The molecule has 0 bridgehead atoms. The lowest BCUT2D eigenvalue weighted by molar-refractivity contribution is -0.0166. The summed E-state index contributed by atoms with van der Waals surface area (Å²) < 4.78 is 5.51. The van der Waals surface area contributed by atoms with E-state index in [1.165, 1.54) is 0 Å². The average molecular weight is 307 g/mol. The van der Waals surface area contributed by atoms with Crippen molar-refractivity contribution in [2.75, 3.05) is 26.2 Å². The molecule has 1 amide bonds. The summed E-state index contributed by atoms with van der Waals surface area (Å²) >= 11 is 0. The predicted octanol–water partition coefficient (Wildman–Crippen LogP) is 2.06. The van der Waals surface area contributed by atoms with Gasteiger partial charge in [0.25, 0.3) is 5.91 Å². The van der Waals surface area contributed by atoms with E-state index in [4.69, 9.17) is 10.5 Å². The molecule has 1 fully saturated rings. The van der Waals surface area contributed by atoms with Crippen LogP contribution in [0.5, 0.6) is 0 Å². The van der Waals surface area contributed by atoms with Crippen molar-refractivity contribution in [2.24, 2.45) is 5.73 Å². The fraction of sp³-hybridized carbons (Fsp3) is 0.312. The number of ether oxygens (including phenoxy) is 1. The molecule has 0 aromatic heterocycles. The highest BCUT2D eigenvalue weighted by Gasteiger charge is 2.24. The van der Waals surface area contributed by atoms with Gasteiger partial charge in [0.05, 0.1) is 12.7 Å². The third-order valence-electron chi connectivity index (χ3n) is 3.71. The molecule has 2 aromatic carbocycles. The van der Waals surface area contributed by atoms with Crippen molar-refractivity contribution in [3.05, 3.63) is 48.0 Å². The van der Waals surface area contributed by atoms with Gasteiger partial charge < -0.3 is 15.4 Å². The second-order valence-electron chi connectivity index (χ2n) is 5.01. The summed E-state index contributed by atoms with van der Waals surface area (Å²) in [6.45, 7) is 2.19. The number of carbonyl (C=O) groups excluding carboxylic acids is 1. The lowest BCUT2D eigenvalue weighted by Crippen LogP contribution is -2.48. The molecule has 1 aliphatic heterocycles. The highest BCUT2D eigenvalue weighted by atomic mass is 35.5. The Labute approximate surface area is 130 Å². The van der Waals surface area contributed by atoms with Crippen LogP contribution in [0.15, 0.2) is 42.5 Å². The van der Waals surface area contributed by atoms with Gasteiger partial charge in [0.15, 0.2) is 0 Å². The highest BCUT2D eigenvalue weighted by Crippen LogP contribution is 2.21. The van der Waals surface area contributed by atoms with Gasteiger partial charge >= 0.3 is 0 Å². The maximum absolute atomic E-state index is 12.7. The summed E-state index contributed by atoms with van der Waals surface area (Å²) in [5.74, 6) is 0.0588. The van der Waals surface area contributed by atoms with Gasteiger partial charge in [-0.2, -0.15) is 0 Å². The zero-order valence-corrected chi connectivity index (χ0v) is 12.5. The number of carbonyl (C=O) groups is 1. The number of fused-ring (bicyclic) bond motifs is 1. The normalized spacial score (nSPS) is 18.3. The first-order valence-corrected chi connectivity index (χ1v) is 6.88. The Morgan fingerprint density at radius 2 is 2.00 bits per heavy atom. The summed E-state index contributed by atoms with van der Waals surface area (Å²) in [5, 5.41) is 2.08. The lowest BCUT2D eigenvalue weighted by atomic mass is 10.0. The summed E-state index contributed by atoms with van der Waals surface area (Å²) in [7, 11) is 0. The molecule has 4 nitrogen and oxygen atoms in total. The van der Waals surface area contributed by atoms with Crippen LogP contribution in [-0.4, -0.2) is 43.2 Å². The van der Waals surface area contributed by atoms with Gasteiger partial charge in [0.1, 0.15) is 0 Å². The number of hydrogen-bond donors (Lipinski definition) is 1. The van der Waals surface area contributed by atoms with Crippen molar-refractivity contribution < 1.29 is 9.53 Å². The number of hydrogen-bond acceptors (Lipinski definition) is 3. The molecule has 1 unspecified atom stereocenters. The number of rotatable bonds is 2. The van der Waals surface area contributed by atoms with Crippen LogP contribution in [0.25, 0.3) is 10.8 Å². The maximum Gasteiger partial charge on any atom is 0.254 e. The standard InChI is InChI=1S/C16H18N2O2.ClH/c17-10-13-11-18(8-9-20-13)16(19)15-7-3-5-12-4-1-2-6-14(12)15;/h1-7,13H,8-11,17H2;1H. The van der Waals surface area contributed by atoms with Crippen molar-refractivity contribution in [3.8, 4) is 0 Å². The van der Waals surface area contributed by atoms with Gasteiger partial charge in [-0.15, -0.1) is 12.4 Å². The number of morpholine rings is 1. The molecule has 1 saturated heterocycles. The molecule has 112 valence electrons. The molecular formula is C16H19ClN2O2. The molecular weight excluding hydrogens is 288 g/mol. The summed E-state index contributed by atoms with van der Waals surface area (Å²) in [6, 6.07) is 13.8. The summed E-state index contributed by atoms with van der Waals surface area (Å²) in [4.78, 5) is 14.5. The molecule has 0 aliphatic carbocycles. The Hall–Kier alpha value is -1.62. The monoisotopic (exact) mass is 306 g/mol. The fourth-order valence-corrected chi connectivity index (χ4v) is 2.63. The minimum Gasteiger partial charge on any atom is -0.373 e. The first-order valence-electron chi connectivity index (χ1n) is 6.88. The van der Waals surface area contributed by atoms with Gasteiger partial charge in [-0.1, -0.05) is 36.4 Å². The van der Waals surface area contributed by atoms with E-state index in [2.05, 4.69) is 0 Å². The van der Waals surface area contributed by atoms with Crippen molar-refractivity contribution >= 4 is 29.1 Å². The minimum atomic E-state index is -0.0531. The summed E-state index contributed by atoms with van der Waals surface area (Å²) in [6.07, 6.45) is -0.0531. The topological polar surface area (TPSA) is 55.6 Å². The third kappa shape index (κ3) is 3.18. The lowest BCUT2D eigenvalue weighted by Gasteiger charge is -2.32. The Morgan fingerprint density at radius 1 is 1.24 bits per heavy atom. The van der Waals surface area contributed by atoms with Crippen molar-refractivity contribution in [2.45, 2.75) is 6.10 Å². The van der Waals surface area contributed by atoms with Crippen molar-refractivity contribution in [1.29, 1.82) is 0 Å². The smallest absolute Gasteiger partial charge is 0.254 e. The molecule has 1 atom stereocenters. The summed E-state index contributed by atoms with van der Waals surface area (Å²) in [5.41, 5.74) is 6.38.